The van der Waals surface area contributed by atoms with Crippen LogP contribution in [0.25, 0.3) is 0 Å². The summed E-state index contributed by atoms with van der Waals surface area (Å²) in [5.41, 5.74) is 0.627. The molecule has 1 aliphatic heterocycles. The molecule has 1 atom stereocenters. The Labute approximate surface area is 124 Å². The smallest absolute Gasteiger partial charge is 0.255 e. The summed E-state index contributed by atoms with van der Waals surface area (Å²) in [6.45, 7) is 3.09. The predicted octanol–water partition coefficient (Wildman–Crippen LogP) is 2.17. The fourth-order valence-electron chi connectivity index (χ4n) is 2.34. The first-order valence-corrected chi connectivity index (χ1v) is 7.13. The van der Waals surface area contributed by atoms with Crippen molar-refractivity contribution in [3.05, 3.63) is 40.2 Å². The van der Waals surface area contributed by atoms with Crippen molar-refractivity contribution >= 4 is 21.8 Å². The van der Waals surface area contributed by atoms with Crippen molar-refractivity contribution in [2.75, 3.05) is 13.1 Å². The summed E-state index contributed by atoms with van der Waals surface area (Å²) in [6.07, 6.45) is 4.09. The maximum atomic E-state index is 12.5. The Kier molecular flexibility index (Phi) is 3.52. The molecule has 0 bridgehead atoms. The molecule has 0 saturated carbocycles. The van der Waals surface area contributed by atoms with E-state index in [-0.39, 0.29) is 11.8 Å². The molecule has 1 saturated heterocycles. The van der Waals surface area contributed by atoms with Gasteiger partial charge in [0.15, 0.2) is 5.82 Å². The Morgan fingerprint density at radius 2 is 2.40 bits per heavy atom. The summed E-state index contributed by atoms with van der Waals surface area (Å²) >= 11 is 3.36. The Morgan fingerprint density at radius 3 is 3.10 bits per heavy atom. The molecule has 0 unspecified atom stereocenters. The number of carbonyl (C=O) groups excluding carboxylic acids is 1. The van der Waals surface area contributed by atoms with E-state index < -0.39 is 0 Å². The summed E-state index contributed by atoms with van der Waals surface area (Å²) in [5.74, 6) is 1.37. The van der Waals surface area contributed by atoms with Gasteiger partial charge in [-0.2, -0.15) is 4.98 Å². The number of hydrogen-bond acceptors (Lipinski definition) is 5. The standard InChI is InChI=1S/C13H13BrN4O2/c1-8-16-12(20-17-8)9-3-5-18(7-9)13(19)10-2-4-15-6-11(10)14/h2,4,6,9H,3,5,7H2,1H3/t9-/m0/s1. The molecule has 1 amide bonds. The number of amides is 1. The Bertz CT molecular complexity index is 643. The van der Waals surface area contributed by atoms with Crippen LogP contribution in [0.1, 0.15) is 34.4 Å². The summed E-state index contributed by atoms with van der Waals surface area (Å²) in [5, 5.41) is 3.80. The lowest BCUT2D eigenvalue weighted by Gasteiger charge is -2.16. The van der Waals surface area contributed by atoms with Gasteiger partial charge in [-0.05, 0) is 35.3 Å². The molecule has 2 aromatic rings. The number of rotatable bonds is 2. The Morgan fingerprint density at radius 1 is 1.55 bits per heavy atom. The molecule has 6 nitrogen and oxygen atoms in total. The van der Waals surface area contributed by atoms with E-state index in [0.29, 0.717) is 34.8 Å². The minimum Gasteiger partial charge on any atom is -0.339 e. The van der Waals surface area contributed by atoms with Crippen molar-refractivity contribution in [2.45, 2.75) is 19.3 Å². The summed E-state index contributed by atoms with van der Waals surface area (Å²) in [7, 11) is 0. The monoisotopic (exact) mass is 336 g/mol. The fraction of sp³-hybridized carbons (Fsp3) is 0.385. The maximum absolute atomic E-state index is 12.5. The summed E-state index contributed by atoms with van der Waals surface area (Å²) < 4.78 is 5.90. The zero-order valence-electron chi connectivity index (χ0n) is 10.9. The second kappa shape index (κ2) is 5.32. The van der Waals surface area contributed by atoms with Gasteiger partial charge in [0.25, 0.3) is 5.91 Å². The third-order valence-corrected chi connectivity index (χ3v) is 4.00. The van der Waals surface area contributed by atoms with Crippen LogP contribution in [0.3, 0.4) is 0 Å². The van der Waals surface area contributed by atoms with Gasteiger partial charge in [0, 0.05) is 30.0 Å². The fourth-order valence-corrected chi connectivity index (χ4v) is 2.76. The van der Waals surface area contributed by atoms with E-state index in [9.17, 15) is 4.79 Å². The lowest BCUT2D eigenvalue weighted by Crippen LogP contribution is -2.28. The van der Waals surface area contributed by atoms with Crippen LogP contribution in [0.5, 0.6) is 0 Å². The Hall–Kier alpha value is -1.76. The molecular weight excluding hydrogens is 324 g/mol. The molecular formula is C13H13BrN4O2. The predicted molar refractivity (Wildman–Crippen MR) is 74.2 cm³/mol. The highest BCUT2D eigenvalue weighted by atomic mass is 79.9. The first kappa shape index (κ1) is 13.2. The van der Waals surface area contributed by atoms with Crippen LogP contribution in [0.2, 0.25) is 0 Å². The van der Waals surface area contributed by atoms with E-state index in [4.69, 9.17) is 4.52 Å². The number of carbonyl (C=O) groups is 1. The van der Waals surface area contributed by atoms with Crippen molar-refractivity contribution < 1.29 is 9.32 Å². The van der Waals surface area contributed by atoms with Crippen molar-refractivity contribution in [2.24, 2.45) is 0 Å². The number of pyridine rings is 1. The number of hydrogen-bond donors (Lipinski definition) is 0. The highest BCUT2D eigenvalue weighted by molar-refractivity contribution is 9.10. The van der Waals surface area contributed by atoms with Crippen molar-refractivity contribution in [1.29, 1.82) is 0 Å². The van der Waals surface area contributed by atoms with E-state index in [1.807, 2.05) is 4.90 Å². The molecule has 7 heteroatoms. The van der Waals surface area contributed by atoms with Crippen molar-refractivity contribution in [3.63, 3.8) is 0 Å². The number of aromatic nitrogens is 3. The van der Waals surface area contributed by atoms with E-state index in [2.05, 4.69) is 31.1 Å². The van der Waals surface area contributed by atoms with Gasteiger partial charge in [-0.1, -0.05) is 5.16 Å². The SMILES string of the molecule is Cc1noc([C@H]2CCN(C(=O)c3ccncc3Br)C2)n1. The molecule has 2 aromatic heterocycles. The molecule has 3 heterocycles. The quantitative estimate of drug-likeness (QED) is 0.840. The van der Waals surface area contributed by atoms with Gasteiger partial charge in [0.2, 0.25) is 5.89 Å². The molecule has 3 rings (SSSR count). The molecule has 0 aliphatic carbocycles. The molecule has 0 radical (unpaired) electrons. The zero-order valence-corrected chi connectivity index (χ0v) is 12.5. The molecule has 1 fully saturated rings. The van der Waals surface area contributed by atoms with Gasteiger partial charge >= 0.3 is 0 Å². The highest BCUT2D eigenvalue weighted by Crippen LogP contribution is 2.28. The average molecular weight is 337 g/mol. The topological polar surface area (TPSA) is 72.1 Å². The number of halogens is 1. The van der Waals surface area contributed by atoms with Gasteiger partial charge < -0.3 is 9.42 Å². The zero-order chi connectivity index (χ0) is 14.1. The van der Waals surface area contributed by atoms with Crippen LogP contribution in [-0.4, -0.2) is 39.0 Å². The van der Waals surface area contributed by atoms with Crippen LogP contribution in [0, 0.1) is 6.92 Å². The highest BCUT2D eigenvalue weighted by Gasteiger charge is 2.31. The van der Waals surface area contributed by atoms with Gasteiger partial charge in [-0.3, -0.25) is 9.78 Å². The minimum absolute atomic E-state index is 0.00184. The van der Waals surface area contributed by atoms with Gasteiger partial charge in [0.05, 0.1) is 11.5 Å². The van der Waals surface area contributed by atoms with Crippen molar-refractivity contribution in [1.82, 2.24) is 20.0 Å². The molecule has 1 aliphatic rings. The van der Waals surface area contributed by atoms with Gasteiger partial charge in [0.1, 0.15) is 0 Å². The average Bonchev–Trinajstić information content (AvgIpc) is 3.07. The van der Waals surface area contributed by atoms with E-state index in [1.54, 1.807) is 25.4 Å². The van der Waals surface area contributed by atoms with E-state index in [1.165, 1.54) is 0 Å². The van der Waals surface area contributed by atoms with Crippen LogP contribution < -0.4 is 0 Å². The third-order valence-electron chi connectivity index (χ3n) is 3.37. The molecule has 104 valence electrons. The first-order valence-electron chi connectivity index (χ1n) is 6.34. The van der Waals surface area contributed by atoms with E-state index in [0.717, 1.165) is 6.42 Å². The van der Waals surface area contributed by atoms with Crippen LogP contribution in [-0.2, 0) is 0 Å². The van der Waals surface area contributed by atoms with Crippen LogP contribution >= 0.6 is 15.9 Å². The van der Waals surface area contributed by atoms with Crippen molar-refractivity contribution in [3.8, 4) is 0 Å². The lowest BCUT2D eigenvalue weighted by atomic mass is 10.1. The third kappa shape index (κ3) is 2.45. The van der Waals surface area contributed by atoms with Crippen LogP contribution in [0.15, 0.2) is 27.5 Å². The van der Waals surface area contributed by atoms with Gasteiger partial charge in [-0.15, -0.1) is 0 Å². The first-order chi connectivity index (χ1) is 9.65. The molecule has 0 spiro atoms. The normalized spacial score (nSPS) is 18.5. The number of aryl methyl sites for hydroxylation is 1. The summed E-state index contributed by atoms with van der Waals surface area (Å²) in [4.78, 5) is 22.5. The minimum atomic E-state index is -0.00184. The largest absolute Gasteiger partial charge is 0.339 e. The summed E-state index contributed by atoms with van der Waals surface area (Å²) in [6, 6.07) is 1.72. The molecule has 20 heavy (non-hydrogen) atoms. The number of nitrogens with zero attached hydrogens (tertiary/aromatic N) is 4. The van der Waals surface area contributed by atoms with Crippen LogP contribution in [0.4, 0.5) is 0 Å². The van der Waals surface area contributed by atoms with E-state index >= 15 is 0 Å². The molecule has 0 N–H and O–H groups in total. The number of likely N-dealkylation sites (tertiary alicyclic amines) is 1. The maximum Gasteiger partial charge on any atom is 0.255 e. The molecule has 0 aromatic carbocycles. The second-order valence-electron chi connectivity index (χ2n) is 4.77. The van der Waals surface area contributed by atoms with Gasteiger partial charge in [-0.25, -0.2) is 0 Å². The second-order valence-corrected chi connectivity index (χ2v) is 5.63. The lowest BCUT2D eigenvalue weighted by molar-refractivity contribution is 0.0788. The Balaban J connectivity index is 1.74.